The summed E-state index contributed by atoms with van der Waals surface area (Å²) in [4.78, 5) is 22.3. The summed E-state index contributed by atoms with van der Waals surface area (Å²) in [5.41, 5.74) is 0.695. The second-order valence-electron chi connectivity index (χ2n) is 3.70. The van der Waals surface area contributed by atoms with Crippen LogP contribution in [0.25, 0.3) is 11.1 Å². The van der Waals surface area contributed by atoms with Gasteiger partial charge in [0, 0.05) is 0 Å². The highest BCUT2D eigenvalue weighted by atomic mass is 79.9. The highest BCUT2D eigenvalue weighted by Crippen LogP contribution is 2.26. The van der Waals surface area contributed by atoms with Crippen LogP contribution in [0.3, 0.4) is 0 Å². The Bertz CT molecular complexity index is 612. The first-order chi connectivity index (χ1) is 8.61. The maximum atomic E-state index is 11.3. The summed E-state index contributed by atoms with van der Waals surface area (Å²) in [5, 5.41) is 18.2. The lowest BCUT2D eigenvalue weighted by atomic mass is 9.95. The third-order valence-electron chi connectivity index (χ3n) is 2.59. The molecule has 0 amide bonds. The normalized spacial score (nSPS) is 9.00. The van der Waals surface area contributed by atoms with Gasteiger partial charge in [-0.15, -0.1) is 34.0 Å². The third-order valence-corrected chi connectivity index (χ3v) is 2.59. The van der Waals surface area contributed by atoms with Gasteiger partial charge in [0.15, 0.2) is 0 Å². The largest absolute Gasteiger partial charge is 0.478 e. The number of carbonyl (C=O) groups is 2. The van der Waals surface area contributed by atoms with Crippen molar-refractivity contribution in [3.05, 3.63) is 59.7 Å². The number of benzene rings is 2. The van der Waals surface area contributed by atoms with E-state index in [2.05, 4.69) is 0 Å². The van der Waals surface area contributed by atoms with E-state index in [1.54, 1.807) is 30.3 Å². The maximum absolute atomic E-state index is 11.3. The van der Waals surface area contributed by atoms with Crippen LogP contribution in [0.2, 0.25) is 0 Å². The molecule has 20 heavy (non-hydrogen) atoms. The molecule has 0 bridgehead atoms. The molecule has 2 rings (SSSR count). The molecule has 0 saturated heterocycles. The van der Waals surface area contributed by atoms with E-state index in [-0.39, 0.29) is 45.1 Å². The van der Waals surface area contributed by atoms with Gasteiger partial charge in [0.25, 0.3) is 0 Å². The number of halogens is 2. The van der Waals surface area contributed by atoms with E-state index in [0.717, 1.165) is 0 Å². The standard InChI is InChI=1S/C14H10O4.2BrH/c15-13(16)11-8-4-7-10(12(11)14(17)18)9-5-2-1-3-6-9;;/h1-8H,(H,15,16)(H,17,18);2*1H. The first-order valence-electron chi connectivity index (χ1n) is 5.26. The van der Waals surface area contributed by atoms with Gasteiger partial charge in [-0.3, -0.25) is 0 Å². The van der Waals surface area contributed by atoms with Crippen LogP contribution in [0.5, 0.6) is 0 Å². The first-order valence-corrected chi connectivity index (χ1v) is 5.26. The molecule has 0 spiro atoms. The summed E-state index contributed by atoms with van der Waals surface area (Å²) in [6, 6.07) is 13.3. The minimum atomic E-state index is -1.25. The molecule has 0 aliphatic heterocycles. The summed E-state index contributed by atoms with van der Waals surface area (Å²) in [6.45, 7) is 0. The quantitative estimate of drug-likeness (QED) is 0.814. The molecule has 0 aromatic heterocycles. The van der Waals surface area contributed by atoms with E-state index < -0.39 is 11.9 Å². The van der Waals surface area contributed by atoms with Gasteiger partial charge < -0.3 is 10.2 Å². The van der Waals surface area contributed by atoms with Crippen LogP contribution >= 0.6 is 34.0 Å². The number of carboxylic acid groups (broad SMARTS) is 2. The molecular weight excluding hydrogens is 392 g/mol. The Morgan fingerprint density at radius 3 is 1.85 bits per heavy atom. The zero-order valence-electron chi connectivity index (χ0n) is 10.1. The average Bonchev–Trinajstić information content (AvgIpc) is 2.38. The lowest BCUT2D eigenvalue weighted by molar-refractivity contribution is 0.0652. The van der Waals surface area contributed by atoms with Gasteiger partial charge in [0.05, 0.1) is 11.1 Å². The van der Waals surface area contributed by atoms with Crippen molar-refractivity contribution in [3.63, 3.8) is 0 Å². The second-order valence-corrected chi connectivity index (χ2v) is 3.70. The molecule has 6 heteroatoms. The van der Waals surface area contributed by atoms with Gasteiger partial charge in [-0.1, -0.05) is 42.5 Å². The molecule has 2 N–H and O–H groups in total. The lowest BCUT2D eigenvalue weighted by Crippen LogP contribution is -2.09. The monoisotopic (exact) mass is 402 g/mol. The zero-order valence-corrected chi connectivity index (χ0v) is 13.6. The predicted octanol–water partition coefficient (Wildman–Crippen LogP) is 3.91. The number of aromatic carboxylic acids is 2. The van der Waals surface area contributed by atoms with Crippen molar-refractivity contribution in [1.82, 2.24) is 0 Å². The van der Waals surface area contributed by atoms with Crippen molar-refractivity contribution in [2.75, 3.05) is 0 Å². The van der Waals surface area contributed by atoms with E-state index in [9.17, 15) is 14.7 Å². The van der Waals surface area contributed by atoms with Crippen LogP contribution in [-0.2, 0) is 0 Å². The van der Waals surface area contributed by atoms with Crippen LogP contribution in [-0.4, -0.2) is 22.2 Å². The van der Waals surface area contributed by atoms with Gasteiger partial charge in [-0.05, 0) is 17.2 Å². The SMILES string of the molecule is Br.Br.O=C(O)c1cccc(-c2ccccc2)c1C(=O)O. The first kappa shape index (κ1) is 18.3. The van der Waals surface area contributed by atoms with Crippen molar-refractivity contribution < 1.29 is 19.8 Å². The molecule has 2 aromatic carbocycles. The van der Waals surface area contributed by atoms with Crippen molar-refractivity contribution in [1.29, 1.82) is 0 Å². The highest BCUT2D eigenvalue weighted by molar-refractivity contribution is 8.93. The van der Waals surface area contributed by atoms with E-state index in [0.29, 0.717) is 11.1 Å². The summed E-state index contributed by atoms with van der Waals surface area (Å²) >= 11 is 0. The van der Waals surface area contributed by atoms with Crippen molar-refractivity contribution in [3.8, 4) is 11.1 Å². The second kappa shape index (κ2) is 7.81. The molecule has 0 fully saturated rings. The molecule has 0 aliphatic carbocycles. The van der Waals surface area contributed by atoms with Gasteiger partial charge >= 0.3 is 11.9 Å². The molecule has 0 aliphatic rings. The van der Waals surface area contributed by atoms with Crippen molar-refractivity contribution in [2.45, 2.75) is 0 Å². The van der Waals surface area contributed by atoms with E-state index in [1.165, 1.54) is 12.1 Å². The number of hydrogen-bond donors (Lipinski definition) is 2. The molecule has 0 atom stereocenters. The lowest BCUT2D eigenvalue weighted by Gasteiger charge is -2.08. The van der Waals surface area contributed by atoms with E-state index in [4.69, 9.17) is 5.11 Å². The summed E-state index contributed by atoms with van der Waals surface area (Å²) in [5.74, 6) is -2.49. The predicted molar refractivity (Wildman–Crippen MR) is 86.4 cm³/mol. The molecule has 2 aromatic rings. The number of rotatable bonds is 3. The Balaban J connectivity index is 0.00000180. The Kier molecular flexibility index (Phi) is 7.17. The summed E-state index contributed by atoms with van der Waals surface area (Å²) in [7, 11) is 0. The van der Waals surface area contributed by atoms with Crippen LogP contribution in [0.1, 0.15) is 20.7 Å². The number of hydrogen-bond acceptors (Lipinski definition) is 2. The smallest absolute Gasteiger partial charge is 0.337 e. The fourth-order valence-electron chi connectivity index (χ4n) is 1.82. The van der Waals surface area contributed by atoms with Crippen LogP contribution in [0.15, 0.2) is 48.5 Å². The Morgan fingerprint density at radius 1 is 0.750 bits per heavy atom. The van der Waals surface area contributed by atoms with Crippen LogP contribution in [0, 0.1) is 0 Å². The van der Waals surface area contributed by atoms with E-state index >= 15 is 0 Å². The van der Waals surface area contributed by atoms with Gasteiger partial charge in [-0.25, -0.2) is 9.59 Å². The van der Waals surface area contributed by atoms with Crippen LogP contribution in [0.4, 0.5) is 0 Å². The van der Waals surface area contributed by atoms with Gasteiger partial charge in [0.1, 0.15) is 0 Å². The van der Waals surface area contributed by atoms with E-state index in [1.807, 2.05) is 6.07 Å². The van der Waals surface area contributed by atoms with Gasteiger partial charge in [-0.2, -0.15) is 0 Å². The molecule has 4 nitrogen and oxygen atoms in total. The Labute approximate surface area is 136 Å². The topological polar surface area (TPSA) is 74.6 Å². The molecule has 0 radical (unpaired) electrons. The van der Waals surface area contributed by atoms with Crippen molar-refractivity contribution in [2.24, 2.45) is 0 Å². The average molecular weight is 404 g/mol. The summed E-state index contributed by atoms with van der Waals surface area (Å²) < 4.78 is 0. The van der Waals surface area contributed by atoms with Gasteiger partial charge in [0.2, 0.25) is 0 Å². The fourth-order valence-corrected chi connectivity index (χ4v) is 1.82. The third kappa shape index (κ3) is 3.68. The minimum absolute atomic E-state index is 0. The molecule has 0 saturated carbocycles. The Hall–Kier alpha value is -1.66. The molecular formula is C14H12Br2O4. The fraction of sp³-hybridized carbons (Fsp3) is 0. The highest BCUT2D eigenvalue weighted by Gasteiger charge is 2.20. The zero-order chi connectivity index (χ0) is 13.1. The van der Waals surface area contributed by atoms with Crippen LogP contribution < -0.4 is 0 Å². The maximum Gasteiger partial charge on any atom is 0.337 e. The Morgan fingerprint density at radius 2 is 1.35 bits per heavy atom. The molecule has 0 heterocycles. The summed E-state index contributed by atoms with van der Waals surface area (Å²) in [6.07, 6.45) is 0. The molecule has 106 valence electrons. The molecule has 0 unspecified atom stereocenters. The minimum Gasteiger partial charge on any atom is -0.478 e. The number of carboxylic acids is 2. The van der Waals surface area contributed by atoms with Crippen molar-refractivity contribution >= 4 is 45.9 Å².